The summed E-state index contributed by atoms with van der Waals surface area (Å²) in [6.45, 7) is -0.237. The van der Waals surface area contributed by atoms with Crippen LogP contribution < -0.4 is 0 Å². The summed E-state index contributed by atoms with van der Waals surface area (Å²) in [6, 6.07) is 15.9. The van der Waals surface area contributed by atoms with Crippen LogP contribution in [0.4, 0.5) is 13.6 Å². The van der Waals surface area contributed by atoms with Gasteiger partial charge >= 0.3 is 12.1 Å². The van der Waals surface area contributed by atoms with Crippen LogP contribution in [-0.4, -0.2) is 47.7 Å². The van der Waals surface area contributed by atoms with E-state index < -0.39 is 29.3 Å². The van der Waals surface area contributed by atoms with Crippen LogP contribution in [0.2, 0.25) is 0 Å². The maximum Gasteiger partial charge on any atom is 0.409 e. The zero-order chi connectivity index (χ0) is 20.4. The van der Waals surface area contributed by atoms with Crippen molar-refractivity contribution in [1.29, 1.82) is 0 Å². The number of halogens is 2. The molecule has 2 fully saturated rings. The predicted octanol–water partition coefficient (Wildman–Crippen LogP) is 3.98. The minimum absolute atomic E-state index is 0.0466. The van der Waals surface area contributed by atoms with E-state index in [9.17, 15) is 23.5 Å². The lowest BCUT2D eigenvalue weighted by atomic mass is 9.95. The molecule has 1 heterocycles. The first-order valence-electron chi connectivity index (χ1n) is 9.59. The summed E-state index contributed by atoms with van der Waals surface area (Å²) in [5.74, 6) is -6.23. The highest BCUT2D eigenvalue weighted by Crippen LogP contribution is 2.69. The Balaban J connectivity index is 1.30. The molecule has 1 amide bonds. The molecule has 7 heteroatoms. The highest BCUT2D eigenvalue weighted by Gasteiger charge is 2.86. The standard InChI is InChI=1S/C22H19F2NO4/c23-22(24)18-11-25(10-9-21(18,22)19(26)27)20(28)29-12-17-15-7-3-1-5-13(15)14-6-2-4-8-16(14)17/h1-8,17-18H,9-12H2,(H,26,27). The van der Waals surface area contributed by atoms with Gasteiger partial charge in [-0.2, -0.15) is 0 Å². The topological polar surface area (TPSA) is 66.8 Å². The molecule has 2 aliphatic carbocycles. The molecule has 1 saturated carbocycles. The number of nitrogens with zero attached hydrogens (tertiary/aromatic N) is 1. The average Bonchev–Trinajstić information content (AvgIpc) is 3.08. The number of alkyl halides is 2. The van der Waals surface area contributed by atoms with E-state index in [1.807, 2.05) is 48.5 Å². The number of carbonyl (C=O) groups excluding carboxylic acids is 1. The van der Waals surface area contributed by atoms with Gasteiger partial charge in [-0.15, -0.1) is 0 Å². The number of aliphatic carboxylic acids is 1. The number of piperidine rings is 1. The summed E-state index contributed by atoms with van der Waals surface area (Å²) in [5, 5.41) is 9.22. The number of hydrogen-bond donors (Lipinski definition) is 1. The molecule has 2 unspecified atom stereocenters. The van der Waals surface area contributed by atoms with E-state index in [0.717, 1.165) is 22.3 Å². The first-order valence-corrected chi connectivity index (χ1v) is 9.59. The van der Waals surface area contributed by atoms with Crippen LogP contribution in [0.3, 0.4) is 0 Å². The van der Waals surface area contributed by atoms with Gasteiger partial charge in [-0.25, -0.2) is 13.6 Å². The third kappa shape index (κ3) is 2.36. The van der Waals surface area contributed by atoms with E-state index in [0.29, 0.717) is 0 Å². The zero-order valence-electron chi connectivity index (χ0n) is 15.5. The molecule has 1 aliphatic heterocycles. The number of fused-ring (bicyclic) bond motifs is 4. The smallest absolute Gasteiger partial charge is 0.409 e. The molecule has 0 aromatic heterocycles. The Hall–Kier alpha value is -2.96. The van der Waals surface area contributed by atoms with Gasteiger partial charge in [-0.3, -0.25) is 4.79 Å². The van der Waals surface area contributed by atoms with Gasteiger partial charge in [-0.1, -0.05) is 48.5 Å². The van der Waals surface area contributed by atoms with E-state index in [2.05, 4.69) is 0 Å². The number of amides is 1. The third-order valence-electron chi connectivity index (χ3n) is 6.70. The first-order chi connectivity index (χ1) is 13.9. The maximum absolute atomic E-state index is 14.0. The number of rotatable bonds is 3. The Kier molecular flexibility index (Phi) is 3.75. The molecule has 150 valence electrons. The molecule has 0 radical (unpaired) electrons. The molecular formula is C22H19F2NO4. The van der Waals surface area contributed by atoms with Gasteiger partial charge in [0.15, 0.2) is 0 Å². The number of ether oxygens (including phenoxy) is 1. The minimum Gasteiger partial charge on any atom is -0.481 e. The third-order valence-corrected chi connectivity index (χ3v) is 6.70. The molecular weight excluding hydrogens is 380 g/mol. The van der Waals surface area contributed by atoms with Crippen molar-refractivity contribution < 1.29 is 28.2 Å². The quantitative estimate of drug-likeness (QED) is 0.848. The van der Waals surface area contributed by atoms with Crippen molar-refractivity contribution in [1.82, 2.24) is 4.90 Å². The van der Waals surface area contributed by atoms with Crippen molar-refractivity contribution in [2.24, 2.45) is 11.3 Å². The summed E-state index contributed by atoms with van der Waals surface area (Å²) in [5.41, 5.74) is 2.32. The lowest BCUT2D eigenvalue weighted by molar-refractivity contribution is -0.148. The summed E-state index contributed by atoms with van der Waals surface area (Å²) in [4.78, 5) is 25.1. The second-order valence-electron chi connectivity index (χ2n) is 7.95. The van der Waals surface area contributed by atoms with Crippen molar-refractivity contribution in [3.8, 4) is 11.1 Å². The van der Waals surface area contributed by atoms with Crippen molar-refractivity contribution >= 4 is 12.1 Å². The van der Waals surface area contributed by atoms with E-state index >= 15 is 0 Å². The van der Waals surface area contributed by atoms with E-state index in [-0.39, 0.29) is 32.0 Å². The Bertz CT molecular complexity index is 978. The normalized spacial score (nSPS) is 26.3. The summed E-state index contributed by atoms with van der Waals surface area (Å²) < 4.78 is 33.6. The van der Waals surface area contributed by atoms with E-state index in [4.69, 9.17) is 4.74 Å². The molecule has 2 aromatic carbocycles. The number of benzene rings is 2. The molecule has 5 rings (SSSR count). The average molecular weight is 399 g/mol. The highest BCUT2D eigenvalue weighted by molar-refractivity contribution is 5.83. The molecule has 1 saturated heterocycles. The van der Waals surface area contributed by atoms with Gasteiger partial charge in [0.05, 0.1) is 5.92 Å². The fraction of sp³-hybridized carbons (Fsp3) is 0.364. The Labute approximate surface area is 165 Å². The van der Waals surface area contributed by atoms with Crippen LogP contribution in [0.1, 0.15) is 23.5 Å². The van der Waals surface area contributed by atoms with Gasteiger partial charge in [0.25, 0.3) is 5.92 Å². The number of carboxylic acids is 1. The second kappa shape index (κ2) is 6.02. The number of carboxylic acid groups (broad SMARTS) is 1. The fourth-order valence-corrected chi connectivity index (χ4v) is 5.02. The predicted molar refractivity (Wildman–Crippen MR) is 99.8 cm³/mol. The van der Waals surface area contributed by atoms with Crippen LogP contribution in [0.25, 0.3) is 11.1 Å². The van der Waals surface area contributed by atoms with Crippen LogP contribution in [0.5, 0.6) is 0 Å². The lowest BCUT2D eigenvalue weighted by Gasteiger charge is -2.28. The van der Waals surface area contributed by atoms with Gasteiger partial charge in [0.1, 0.15) is 12.0 Å². The zero-order valence-corrected chi connectivity index (χ0v) is 15.5. The Morgan fingerprint density at radius 1 is 1.07 bits per heavy atom. The van der Waals surface area contributed by atoms with Gasteiger partial charge in [0, 0.05) is 19.0 Å². The Morgan fingerprint density at radius 2 is 1.66 bits per heavy atom. The number of carbonyl (C=O) groups is 2. The van der Waals surface area contributed by atoms with E-state index in [1.54, 1.807) is 0 Å². The largest absolute Gasteiger partial charge is 0.481 e. The molecule has 29 heavy (non-hydrogen) atoms. The summed E-state index contributed by atoms with van der Waals surface area (Å²) >= 11 is 0. The highest BCUT2D eigenvalue weighted by atomic mass is 19.3. The molecule has 0 spiro atoms. The fourth-order valence-electron chi connectivity index (χ4n) is 5.02. The van der Waals surface area contributed by atoms with Crippen molar-refractivity contribution in [3.05, 3.63) is 59.7 Å². The van der Waals surface area contributed by atoms with Gasteiger partial charge in [0.2, 0.25) is 0 Å². The van der Waals surface area contributed by atoms with Crippen molar-refractivity contribution in [2.75, 3.05) is 19.7 Å². The molecule has 1 N–H and O–H groups in total. The van der Waals surface area contributed by atoms with Crippen LogP contribution >= 0.6 is 0 Å². The van der Waals surface area contributed by atoms with Crippen molar-refractivity contribution in [3.63, 3.8) is 0 Å². The van der Waals surface area contributed by atoms with Crippen LogP contribution in [0.15, 0.2) is 48.5 Å². The van der Waals surface area contributed by atoms with Crippen LogP contribution in [0, 0.1) is 11.3 Å². The Morgan fingerprint density at radius 3 is 2.21 bits per heavy atom. The SMILES string of the molecule is O=C(OCC1c2ccccc2-c2ccccc21)N1CCC2(C(=O)O)C(C1)C2(F)F. The van der Waals surface area contributed by atoms with E-state index in [1.165, 1.54) is 4.90 Å². The maximum atomic E-state index is 14.0. The number of likely N-dealkylation sites (tertiary alicyclic amines) is 1. The lowest BCUT2D eigenvalue weighted by Crippen LogP contribution is -2.42. The first kappa shape index (κ1) is 18.1. The summed E-state index contributed by atoms with van der Waals surface area (Å²) in [6.07, 6.45) is -0.932. The van der Waals surface area contributed by atoms with Crippen molar-refractivity contribution in [2.45, 2.75) is 18.3 Å². The second-order valence-corrected chi connectivity index (χ2v) is 7.95. The van der Waals surface area contributed by atoms with Gasteiger partial charge < -0.3 is 14.7 Å². The number of hydrogen-bond acceptors (Lipinski definition) is 3. The molecule has 0 bridgehead atoms. The molecule has 2 aromatic rings. The van der Waals surface area contributed by atoms with Gasteiger partial charge in [-0.05, 0) is 28.7 Å². The van der Waals surface area contributed by atoms with Crippen LogP contribution in [-0.2, 0) is 9.53 Å². The minimum atomic E-state index is -3.28. The molecule has 2 atom stereocenters. The monoisotopic (exact) mass is 399 g/mol. The molecule has 3 aliphatic rings. The summed E-state index contributed by atoms with van der Waals surface area (Å²) in [7, 11) is 0. The molecule has 5 nitrogen and oxygen atoms in total.